The molecule has 2 aromatic rings. The lowest BCUT2D eigenvalue weighted by atomic mass is 10.1. The van der Waals surface area contributed by atoms with E-state index in [-0.39, 0.29) is 0 Å². The van der Waals surface area contributed by atoms with Gasteiger partial charge in [-0.3, -0.25) is 0 Å². The largest absolute Gasteiger partial charge is 0.456 e. The normalized spacial score (nSPS) is 15.4. The van der Waals surface area contributed by atoms with Crippen LogP contribution < -0.4 is 5.32 Å². The zero-order chi connectivity index (χ0) is 10.3. The molecule has 0 saturated carbocycles. The third kappa shape index (κ3) is 1.51. The van der Waals surface area contributed by atoms with Gasteiger partial charge in [-0.2, -0.15) is 0 Å². The Kier molecular flexibility index (Phi) is 1.96. The minimum Gasteiger partial charge on any atom is -0.456 e. The number of furan rings is 1. The molecule has 0 amide bonds. The molecule has 2 nitrogen and oxygen atoms in total. The Morgan fingerprint density at radius 3 is 3.00 bits per heavy atom. The maximum absolute atomic E-state index is 5.92. The summed E-state index contributed by atoms with van der Waals surface area (Å²) in [7, 11) is 0. The Balaban J connectivity index is 2.13. The van der Waals surface area contributed by atoms with Crippen molar-refractivity contribution in [2.24, 2.45) is 0 Å². The van der Waals surface area contributed by atoms with Crippen molar-refractivity contribution in [1.29, 1.82) is 0 Å². The van der Waals surface area contributed by atoms with Crippen LogP contribution in [0.2, 0.25) is 5.02 Å². The molecule has 0 saturated heterocycles. The van der Waals surface area contributed by atoms with E-state index in [1.807, 2.05) is 30.5 Å². The van der Waals surface area contributed by atoms with E-state index in [2.05, 4.69) is 5.32 Å². The predicted molar refractivity (Wildman–Crippen MR) is 61.8 cm³/mol. The van der Waals surface area contributed by atoms with E-state index in [1.54, 1.807) is 0 Å². The molecule has 1 aliphatic heterocycles. The predicted octanol–water partition coefficient (Wildman–Crippen LogP) is 3.42. The van der Waals surface area contributed by atoms with Crippen LogP contribution in [0.15, 0.2) is 34.9 Å². The molecule has 0 atom stereocenters. The first kappa shape index (κ1) is 8.86. The number of benzene rings is 1. The van der Waals surface area contributed by atoms with E-state index in [0.29, 0.717) is 0 Å². The number of hydrogen-bond donors (Lipinski definition) is 1. The zero-order valence-corrected chi connectivity index (χ0v) is 8.84. The molecule has 0 spiro atoms. The van der Waals surface area contributed by atoms with Gasteiger partial charge in [-0.25, -0.2) is 0 Å². The van der Waals surface area contributed by atoms with Crippen molar-refractivity contribution in [1.82, 2.24) is 5.32 Å². The summed E-state index contributed by atoms with van der Waals surface area (Å²) in [6.45, 7) is 0.993. The molecular formula is C12H10ClNO. The molecule has 1 aliphatic rings. The molecule has 0 aliphatic carbocycles. The molecule has 1 N–H and O–H groups in total. The third-order valence-corrected chi connectivity index (χ3v) is 2.84. The average Bonchev–Trinajstić information content (AvgIpc) is 2.84. The standard InChI is InChI=1S/C12H10ClNO/c13-10-1-2-11-9(5-10)6-12(15-11)8-3-4-14-7-8/h1-2,5-7,14H,3-4H2. The second-order valence-corrected chi connectivity index (χ2v) is 4.10. The molecule has 1 aromatic heterocycles. The number of nitrogens with one attached hydrogen (secondary N) is 1. The van der Waals surface area contributed by atoms with E-state index >= 15 is 0 Å². The van der Waals surface area contributed by atoms with Gasteiger partial charge in [-0.15, -0.1) is 0 Å². The Bertz CT molecular complexity index is 542. The van der Waals surface area contributed by atoms with Crippen LogP contribution in [0.3, 0.4) is 0 Å². The minimum atomic E-state index is 0.744. The first-order valence-corrected chi connectivity index (χ1v) is 5.33. The lowest BCUT2D eigenvalue weighted by Crippen LogP contribution is -1.96. The topological polar surface area (TPSA) is 25.2 Å². The van der Waals surface area contributed by atoms with Crippen LogP contribution in [0, 0.1) is 0 Å². The van der Waals surface area contributed by atoms with Crippen LogP contribution in [0.1, 0.15) is 12.2 Å². The summed E-state index contributed by atoms with van der Waals surface area (Å²) in [5.74, 6) is 0.942. The molecule has 0 bridgehead atoms. The summed E-state index contributed by atoms with van der Waals surface area (Å²) in [6, 6.07) is 7.72. The highest BCUT2D eigenvalue weighted by atomic mass is 35.5. The molecule has 0 radical (unpaired) electrons. The Morgan fingerprint density at radius 1 is 1.27 bits per heavy atom. The zero-order valence-electron chi connectivity index (χ0n) is 8.09. The fraction of sp³-hybridized carbons (Fsp3) is 0.167. The lowest BCUT2D eigenvalue weighted by Gasteiger charge is -1.92. The van der Waals surface area contributed by atoms with Crippen molar-refractivity contribution in [3.8, 4) is 0 Å². The Labute approximate surface area is 92.5 Å². The van der Waals surface area contributed by atoms with Gasteiger partial charge in [0.2, 0.25) is 0 Å². The maximum atomic E-state index is 5.92. The summed E-state index contributed by atoms with van der Waals surface area (Å²) in [4.78, 5) is 0. The highest BCUT2D eigenvalue weighted by molar-refractivity contribution is 6.31. The van der Waals surface area contributed by atoms with Gasteiger partial charge in [0.15, 0.2) is 0 Å². The van der Waals surface area contributed by atoms with Gasteiger partial charge in [-0.1, -0.05) is 11.6 Å². The van der Waals surface area contributed by atoms with Crippen molar-refractivity contribution in [2.45, 2.75) is 6.42 Å². The van der Waals surface area contributed by atoms with Gasteiger partial charge in [0.1, 0.15) is 11.3 Å². The smallest absolute Gasteiger partial charge is 0.134 e. The molecule has 0 fully saturated rings. The average molecular weight is 220 g/mol. The third-order valence-electron chi connectivity index (χ3n) is 2.61. The highest BCUT2D eigenvalue weighted by Crippen LogP contribution is 2.29. The van der Waals surface area contributed by atoms with Gasteiger partial charge in [0.25, 0.3) is 0 Å². The quantitative estimate of drug-likeness (QED) is 0.795. The van der Waals surface area contributed by atoms with Crippen molar-refractivity contribution in [3.05, 3.63) is 41.2 Å². The van der Waals surface area contributed by atoms with Crippen LogP contribution in [0.5, 0.6) is 0 Å². The van der Waals surface area contributed by atoms with E-state index in [1.165, 1.54) is 5.57 Å². The highest BCUT2D eigenvalue weighted by Gasteiger charge is 2.11. The van der Waals surface area contributed by atoms with Crippen LogP contribution in [0.4, 0.5) is 0 Å². The van der Waals surface area contributed by atoms with Gasteiger partial charge >= 0.3 is 0 Å². The fourth-order valence-corrected chi connectivity index (χ4v) is 2.02. The molecule has 1 aromatic carbocycles. The Morgan fingerprint density at radius 2 is 2.20 bits per heavy atom. The number of halogens is 1. The fourth-order valence-electron chi connectivity index (χ4n) is 1.84. The lowest BCUT2D eigenvalue weighted by molar-refractivity contribution is 0.597. The number of fused-ring (bicyclic) bond motifs is 1. The summed E-state index contributed by atoms with van der Waals surface area (Å²) < 4.78 is 5.74. The van der Waals surface area contributed by atoms with E-state index in [0.717, 1.165) is 34.7 Å². The molecule has 3 heteroatoms. The van der Waals surface area contributed by atoms with Gasteiger partial charge < -0.3 is 9.73 Å². The molecule has 0 unspecified atom stereocenters. The van der Waals surface area contributed by atoms with E-state index < -0.39 is 0 Å². The first-order chi connectivity index (χ1) is 7.33. The number of hydrogen-bond acceptors (Lipinski definition) is 2. The molecule has 2 heterocycles. The summed E-state index contributed by atoms with van der Waals surface area (Å²) in [5.41, 5.74) is 2.12. The summed E-state index contributed by atoms with van der Waals surface area (Å²) in [6.07, 6.45) is 3.03. The van der Waals surface area contributed by atoms with E-state index in [9.17, 15) is 0 Å². The van der Waals surface area contributed by atoms with Crippen LogP contribution >= 0.6 is 11.6 Å². The molecule has 15 heavy (non-hydrogen) atoms. The first-order valence-electron chi connectivity index (χ1n) is 4.95. The SMILES string of the molecule is Clc1ccc2oc(C3=CNCC3)cc2c1. The van der Waals surface area contributed by atoms with Gasteiger partial charge in [0, 0.05) is 28.7 Å². The Hall–Kier alpha value is -1.41. The van der Waals surface area contributed by atoms with Crippen LogP contribution in [-0.4, -0.2) is 6.54 Å². The molecular weight excluding hydrogens is 210 g/mol. The summed E-state index contributed by atoms with van der Waals surface area (Å²) in [5, 5.41) is 4.98. The molecule has 3 rings (SSSR count). The molecule has 76 valence electrons. The minimum absolute atomic E-state index is 0.744. The van der Waals surface area contributed by atoms with E-state index in [4.69, 9.17) is 16.0 Å². The number of rotatable bonds is 1. The van der Waals surface area contributed by atoms with Crippen LogP contribution in [0.25, 0.3) is 16.5 Å². The van der Waals surface area contributed by atoms with Crippen LogP contribution in [-0.2, 0) is 0 Å². The van der Waals surface area contributed by atoms with Gasteiger partial charge in [0.05, 0.1) is 0 Å². The van der Waals surface area contributed by atoms with Crippen molar-refractivity contribution >= 4 is 28.1 Å². The van der Waals surface area contributed by atoms with Crippen molar-refractivity contribution in [2.75, 3.05) is 6.54 Å². The second-order valence-electron chi connectivity index (χ2n) is 3.67. The second kappa shape index (κ2) is 3.31. The monoisotopic (exact) mass is 219 g/mol. The summed E-state index contributed by atoms with van der Waals surface area (Å²) >= 11 is 5.92. The maximum Gasteiger partial charge on any atom is 0.134 e. The van der Waals surface area contributed by atoms with Crippen molar-refractivity contribution < 1.29 is 4.42 Å². The van der Waals surface area contributed by atoms with Gasteiger partial charge in [-0.05, 0) is 30.7 Å². The van der Waals surface area contributed by atoms with Crippen molar-refractivity contribution in [3.63, 3.8) is 0 Å².